The van der Waals surface area contributed by atoms with Crippen LogP contribution >= 0.6 is 11.3 Å². The van der Waals surface area contributed by atoms with Crippen molar-refractivity contribution >= 4 is 17.2 Å². The van der Waals surface area contributed by atoms with E-state index in [0.717, 1.165) is 22.5 Å². The average Bonchev–Trinajstić information content (AvgIpc) is 3.00. The Labute approximate surface area is 132 Å². The number of rotatable bonds is 4. The van der Waals surface area contributed by atoms with Crippen molar-refractivity contribution in [3.63, 3.8) is 0 Å². The van der Waals surface area contributed by atoms with Crippen LogP contribution in [0.1, 0.15) is 20.9 Å². The summed E-state index contributed by atoms with van der Waals surface area (Å²) < 4.78 is 0. The van der Waals surface area contributed by atoms with Gasteiger partial charge in [-0.3, -0.25) is 14.8 Å². The highest BCUT2D eigenvalue weighted by Gasteiger charge is 2.12. The first kappa shape index (κ1) is 14.3. The highest BCUT2D eigenvalue weighted by Crippen LogP contribution is 2.20. The van der Waals surface area contributed by atoms with Gasteiger partial charge in [0, 0.05) is 30.7 Å². The van der Waals surface area contributed by atoms with Gasteiger partial charge in [0.15, 0.2) is 0 Å². The van der Waals surface area contributed by atoms with E-state index < -0.39 is 0 Å². The van der Waals surface area contributed by atoms with E-state index in [1.807, 2.05) is 31.2 Å². The Balaban J connectivity index is 1.79. The molecule has 0 aliphatic rings. The van der Waals surface area contributed by atoms with E-state index in [-0.39, 0.29) is 5.91 Å². The first-order valence-electron chi connectivity index (χ1n) is 6.78. The molecule has 0 radical (unpaired) electrons. The number of nitrogens with one attached hydrogen (secondary N) is 1. The molecule has 3 heterocycles. The van der Waals surface area contributed by atoms with Crippen molar-refractivity contribution in [3.05, 3.63) is 64.5 Å². The summed E-state index contributed by atoms with van der Waals surface area (Å²) in [6.45, 7) is 2.25. The molecular weight excluding hydrogens is 296 g/mol. The number of aromatic nitrogens is 3. The van der Waals surface area contributed by atoms with Gasteiger partial charge in [-0.1, -0.05) is 6.07 Å². The predicted octanol–water partition coefficient (Wildman–Crippen LogP) is 2.84. The van der Waals surface area contributed by atoms with Gasteiger partial charge in [0.05, 0.1) is 16.9 Å². The molecule has 5 nitrogen and oxygen atoms in total. The summed E-state index contributed by atoms with van der Waals surface area (Å²) >= 11 is 1.35. The number of carbonyl (C=O) groups excluding carboxylic acids is 1. The van der Waals surface area contributed by atoms with Crippen LogP contribution in [-0.4, -0.2) is 20.9 Å². The zero-order valence-corrected chi connectivity index (χ0v) is 12.8. The van der Waals surface area contributed by atoms with Gasteiger partial charge in [0.2, 0.25) is 0 Å². The molecule has 1 amide bonds. The van der Waals surface area contributed by atoms with Gasteiger partial charge in [-0.05, 0) is 30.7 Å². The van der Waals surface area contributed by atoms with E-state index in [2.05, 4.69) is 20.3 Å². The summed E-state index contributed by atoms with van der Waals surface area (Å²) in [5, 5.41) is 2.93. The average molecular weight is 310 g/mol. The fourth-order valence-corrected chi connectivity index (χ4v) is 2.85. The van der Waals surface area contributed by atoms with E-state index in [4.69, 9.17) is 0 Å². The lowest BCUT2D eigenvalue weighted by Gasteiger charge is -2.09. The first-order chi connectivity index (χ1) is 10.8. The van der Waals surface area contributed by atoms with Gasteiger partial charge >= 0.3 is 0 Å². The minimum atomic E-state index is -0.107. The molecule has 6 heteroatoms. The fraction of sp³-hybridized carbons (Fsp3) is 0.125. The number of hydrogen-bond donors (Lipinski definition) is 1. The Morgan fingerprint density at radius 3 is 2.73 bits per heavy atom. The largest absolute Gasteiger partial charge is 0.347 e. The summed E-state index contributed by atoms with van der Waals surface area (Å²) in [4.78, 5) is 25.4. The number of hydrogen-bond acceptors (Lipinski definition) is 5. The van der Waals surface area contributed by atoms with Gasteiger partial charge in [0.25, 0.3) is 5.91 Å². The molecule has 3 rings (SSSR count). The molecule has 22 heavy (non-hydrogen) atoms. The molecule has 3 aromatic rings. The van der Waals surface area contributed by atoms with Crippen molar-refractivity contribution in [2.45, 2.75) is 13.5 Å². The molecule has 0 unspecified atom stereocenters. The second kappa shape index (κ2) is 6.44. The van der Waals surface area contributed by atoms with Gasteiger partial charge in [-0.2, -0.15) is 0 Å². The summed E-state index contributed by atoms with van der Waals surface area (Å²) in [6, 6.07) is 7.63. The molecule has 0 bridgehead atoms. The normalized spacial score (nSPS) is 10.4. The van der Waals surface area contributed by atoms with Crippen LogP contribution < -0.4 is 5.32 Å². The van der Waals surface area contributed by atoms with E-state index in [9.17, 15) is 4.79 Å². The van der Waals surface area contributed by atoms with E-state index >= 15 is 0 Å². The maximum absolute atomic E-state index is 12.2. The third kappa shape index (κ3) is 3.01. The maximum Gasteiger partial charge on any atom is 0.263 e. The number of amides is 1. The zero-order chi connectivity index (χ0) is 15.4. The van der Waals surface area contributed by atoms with Gasteiger partial charge in [0.1, 0.15) is 4.88 Å². The van der Waals surface area contributed by atoms with Crippen LogP contribution in [-0.2, 0) is 6.54 Å². The number of aryl methyl sites for hydroxylation is 1. The minimum Gasteiger partial charge on any atom is -0.347 e. The van der Waals surface area contributed by atoms with Crippen molar-refractivity contribution in [2.24, 2.45) is 0 Å². The van der Waals surface area contributed by atoms with Crippen LogP contribution in [0.4, 0.5) is 0 Å². The highest BCUT2D eigenvalue weighted by molar-refractivity contribution is 7.11. The summed E-state index contributed by atoms with van der Waals surface area (Å²) in [5.74, 6) is -0.107. The monoisotopic (exact) mass is 310 g/mol. The standard InChI is InChI=1S/C16H14N4OS/c1-11-15(22-10-20-11)16(21)19-9-13-3-2-6-18-14(13)12-4-7-17-8-5-12/h2-8,10H,9H2,1H3,(H,19,21). The lowest BCUT2D eigenvalue weighted by atomic mass is 10.1. The quantitative estimate of drug-likeness (QED) is 0.804. The second-order valence-electron chi connectivity index (χ2n) is 4.70. The Morgan fingerprint density at radius 2 is 2.00 bits per heavy atom. The van der Waals surface area contributed by atoms with E-state index in [1.165, 1.54) is 11.3 Å². The topological polar surface area (TPSA) is 67.8 Å². The molecular formula is C16H14N4OS. The Hall–Kier alpha value is -2.60. The van der Waals surface area contributed by atoms with E-state index in [0.29, 0.717) is 11.4 Å². The van der Waals surface area contributed by atoms with Crippen LogP contribution in [0.5, 0.6) is 0 Å². The Morgan fingerprint density at radius 1 is 1.18 bits per heavy atom. The number of carbonyl (C=O) groups is 1. The number of thiazole rings is 1. The molecule has 0 saturated heterocycles. The van der Waals surface area contributed by atoms with Crippen molar-refractivity contribution in [1.82, 2.24) is 20.3 Å². The minimum absolute atomic E-state index is 0.107. The Kier molecular flexibility index (Phi) is 4.20. The summed E-state index contributed by atoms with van der Waals surface area (Å²) in [6.07, 6.45) is 5.20. The maximum atomic E-state index is 12.2. The molecule has 110 valence electrons. The fourth-order valence-electron chi connectivity index (χ4n) is 2.13. The predicted molar refractivity (Wildman–Crippen MR) is 85.5 cm³/mol. The third-order valence-corrected chi connectivity index (χ3v) is 4.16. The number of nitrogens with zero attached hydrogens (tertiary/aromatic N) is 3. The van der Waals surface area contributed by atoms with E-state index in [1.54, 1.807) is 24.1 Å². The first-order valence-corrected chi connectivity index (χ1v) is 7.66. The van der Waals surface area contributed by atoms with Gasteiger partial charge in [-0.25, -0.2) is 4.98 Å². The van der Waals surface area contributed by atoms with Crippen LogP contribution in [0.2, 0.25) is 0 Å². The zero-order valence-electron chi connectivity index (χ0n) is 12.0. The molecule has 0 atom stereocenters. The van der Waals surface area contributed by atoms with Crippen LogP contribution in [0.25, 0.3) is 11.3 Å². The molecule has 1 N–H and O–H groups in total. The summed E-state index contributed by atoms with van der Waals surface area (Å²) in [7, 11) is 0. The van der Waals surface area contributed by atoms with Crippen molar-refractivity contribution in [2.75, 3.05) is 0 Å². The molecule has 0 spiro atoms. The summed E-state index contributed by atoms with van der Waals surface area (Å²) in [5.41, 5.74) is 5.23. The van der Waals surface area contributed by atoms with Crippen LogP contribution in [0.3, 0.4) is 0 Å². The second-order valence-corrected chi connectivity index (χ2v) is 5.55. The van der Waals surface area contributed by atoms with Gasteiger partial charge in [-0.15, -0.1) is 11.3 Å². The highest BCUT2D eigenvalue weighted by atomic mass is 32.1. The molecule has 0 aliphatic carbocycles. The lowest BCUT2D eigenvalue weighted by molar-refractivity contribution is 0.0954. The van der Waals surface area contributed by atoms with Crippen molar-refractivity contribution in [1.29, 1.82) is 0 Å². The number of pyridine rings is 2. The lowest BCUT2D eigenvalue weighted by Crippen LogP contribution is -2.23. The van der Waals surface area contributed by atoms with Crippen molar-refractivity contribution in [3.8, 4) is 11.3 Å². The van der Waals surface area contributed by atoms with Crippen molar-refractivity contribution < 1.29 is 4.79 Å². The molecule has 0 saturated carbocycles. The molecule has 0 aliphatic heterocycles. The smallest absolute Gasteiger partial charge is 0.263 e. The van der Waals surface area contributed by atoms with Gasteiger partial charge < -0.3 is 5.32 Å². The van der Waals surface area contributed by atoms with Crippen LogP contribution in [0, 0.1) is 6.92 Å². The molecule has 3 aromatic heterocycles. The SMILES string of the molecule is Cc1ncsc1C(=O)NCc1cccnc1-c1ccncc1. The molecule has 0 aromatic carbocycles. The van der Waals surface area contributed by atoms with Crippen LogP contribution in [0.15, 0.2) is 48.4 Å². The Bertz CT molecular complexity index is 786. The third-order valence-electron chi connectivity index (χ3n) is 3.24. The molecule has 0 fully saturated rings.